The van der Waals surface area contributed by atoms with E-state index in [0.29, 0.717) is 16.9 Å². The molecule has 0 radical (unpaired) electrons. The largest absolute Gasteiger partial charge is 0.352 e. The Bertz CT molecular complexity index is 399. The van der Waals surface area contributed by atoms with Gasteiger partial charge >= 0.3 is 0 Å². The third-order valence-corrected chi connectivity index (χ3v) is 3.56. The zero-order valence-corrected chi connectivity index (χ0v) is 10.9. The Morgan fingerprint density at radius 3 is 3.06 bits per heavy atom. The van der Waals surface area contributed by atoms with Crippen LogP contribution in [0.25, 0.3) is 0 Å². The van der Waals surface area contributed by atoms with E-state index in [0.717, 1.165) is 19.5 Å². The van der Waals surface area contributed by atoms with Crippen LogP contribution in [0.1, 0.15) is 16.8 Å². The van der Waals surface area contributed by atoms with Crippen LogP contribution < -0.4 is 10.6 Å². The van der Waals surface area contributed by atoms with Crippen molar-refractivity contribution in [2.75, 3.05) is 19.6 Å². The fourth-order valence-corrected chi connectivity index (χ4v) is 2.45. The number of amides is 1. The summed E-state index contributed by atoms with van der Waals surface area (Å²) >= 11 is 3.19. The molecule has 92 valence electrons. The van der Waals surface area contributed by atoms with Gasteiger partial charge in [-0.2, -0.15) is 0 Å². The summed E-state index contributed by atoms with van der Waals surface area (Å²) in [7, 11) is 0. The molecule has 1 heterocycles. The summed E-state index contributed by atoms with van der Waals surface area (Å²) in [5.41, 5.74) is 0.0819. The second-order valence-electron chi connectivity index (χ2n) is 4.17. The third kappa shape index (κ3) is 3.04. The minimum atomic E-state index is -0.499. The lowest BCUT2D eigenvalue weighted by Gasteiger charge is -2.11. The first kappa shape index (κ1) is 12.5. The number of rotatable bonds is 3. The molecule has 1 aliphatic rings. The zero-order chi connectivity index (χ0) is 12.3. The van der Waals surface area contributed by atoms with Crippen molar-refractivity contribution in [2.24, 2.45) is 5.92 Å². The molecule has 0 bridgehead atoms. The average Bonchev–Trinajstić information content (AvgIpc) is 2.79. The van der Waals surface area contributed by atoms with E-state index in [-0.39, 0.29) is 11.5 Å². The summed E-state index contributed by atoms with van der Waals surface area (Å²) in [6.07, 6.45) is 1.05. The SMILES string of the molecule is O=C(NCC1CCNC1)c1c(F)cccc1Br. The van der Waals surface area contributed by atoms with Crippen LogP contribution in [0.15, 0.2) is 22.7 Å². The molecule has 1 unspecified atom stereocenters. The van der Waals surface area contributed by atoms with Crippen molar-refractivity contribution in [3.8, 4) is 0 Å². The number of carbonyl (C=O) groups is 1. The van der Waals surface area contributed by atoms with Gasteiger partial charge in [-0.15, -0.1) is 0 Å². The normalized spacial score (nSPS) is 19.3. The van der Waals surface area contributed by atoms with E-state index in [9.17, 15) is 9.18 Å². The lowest BCUT2D eigenvalue weighted by atomic mass is 10.1. The van der Waals surface area contributed by atoms with Crippen molar-refractivity contribution >= 4 is 21.8 Å². The molecule has 17 heavy (non-hydrogen) atoms. The topological polar surface area (TPSA) is 41.1 Å². The van der Waals surface area contributed by atoms with Crippen LogP contribution in [-0.2, 0) is 0 Å². The van der Waals surface area contributed by atoms with Gasteiger partial charge in [0, 0.05) is 11.0 Å². The van der Waals surface area contributed by atoms with Gasteiger partial charge in [0.2, 0.25) is 0 Å². The van der Waals surface area contributed by atoms with Gasteiger partial charge in [-0.1, -0.05) is 6.07 Å². The van der Waals surface area contributed by atoms with E-state index in [1.807, 2.05) is 0 Å². The second-order valence-corrected chi connectivity index (χ2v) is 5.02. The maximum absolute atomic E-state index is 13.5. The summed E-state index contributed by atoms with van der Waals surface area (Å²) in [5, 5.41) is 6.00. The minimum Gasteiger partial charge on any atom is -0.352 e. The number of benzene rings is 1. The standard InChI is InChI=1S/C12H14BrFN2O/c13-9-2-1-3-10(14)11(9)12(17)16-7-8-4-5-15-6-8/h1-3,8,15H,4-7H2,(H,16,17). The molecule has 1 fully saturated rings. The Hall–Kier alpha value is -0.940. The molecule has 1 amide bonds. The number of halogens is 2. The van der Waals surface area contributed by atoms with Crippen molar-refractivity contribution in [3.63, 3.8) is 0 Å². The van der Waals surface area contributed by atoms with E-state index in [2.05, 4.69) is 26.6 Å². The van der Waals surface area contributed by atoms with Gasteiger partial charge in [-0.05, 0) is 53.5 Å². The number of hydrogen-bond acceptors (Lipinski definition) is 2. The lowest BCUT2D eigenvalue weighted by molar-refractivity contribution is 0.0943. The van der Waals surface area contributed by atoms with Crippen molar-refractivity contribution < 1.29 is 9.18 Å². The van der Waals surface area contributed by atoms with Crippen molar-refractivity contribution in [3.05, 3.63) is 34.1 Å². The van der Waals surface area contributed by atoms with E-state index in [4.69, 9.17) is 0 Å². The van der Waals surface area contributed by atoms with Gasteiger partial charge in [0.1, 0.15) is 5.82 Å². The molecule has 1 saturated heterocycles. The van der Waals surface area contributed by atoms with Crippen LogP contribution in [0, 0.1) is 11.7 Å². The molecule has 0 aliphatic carbocycles. The van der Waals surface area contributed by atoms with E-state index in [1.165, 1.54) is 6.07 Å². The van der Waals surface area contributed by atoms with E-state index in [1.54, 1.807) is 12.1 Å². The fourth-order valence-electron chi connectivity index (χ4n) is 1.93. The highest BCUT2D eigenvalue weighted by Crippen LogP contribution is 2.19. The summed E-state index contributed by atoms with van der Waals surface area (Å²) in [6.45, 7) is 2.50. The van der Waals surface area contributed by atoms with Gasteiger partial charge in [-0.3, -0.25) is 4.79 Å². The molecular formula is C12H14BrFN2O. The van der Waals surface area contributed by atoms with Crippen molar-refractivity contribution in [1.29, 1.82) is 0 Å². The zero-order valence-electron chi connectivity index (χ0n) is 9.30. The molecule has 0 saturated carbocycles. The first-order chi connectivity index (χ1) is 8.18. The lowest BCUT2D eigenvalue weighted by Crippen LogP contribution is -2.31. The molecule has 1 aromatic carbocycles. The number of nitrogens with one attached hydrogen (secondary N) is 2. The molecule has 0 spiro atoms. The number of hydrogen-bond donors (Lipinski definition) is 2. The molecule has 1 atom stereocenters. The molecule has 1 aromatic rings. The van der Waals surface area contributed by atoms with Gasteiger partial charge in [0.05, 0.1) is 5.56 Å². The first-order valence-corrected chi connectivity index (χ1v) is 6.40. The smallest absolute Gasteiger partial charge is 0.255 e. The monoisotopic (exact) mass is 300 g/mol. The summed E-state index contributed by atoms with van der Waals surface area (Å²) in [4.78, 5) is 11.8. The predicted octanol–water partition coefficient (Wildman–Crippen LogP) is 1.93. The van der Waals surface area contributed by atoms with Crippen LogP contribution in [0.4, 0.5) is 4.39 Å². The Labute approximate surface area is 108 Å². The van der Waals surface area contributed by atoms with Gasteiger partial charge in [0.25, 0.3) is 5.91 Å². The molecular weight excluding hydrogens is 287 g/mol. The maximum Gasteiger partial charge on any atom is 0.255 e. The quantitative estimate of drug-likeness (QED) is 0.895. The third-order valence-electron chi connectivity index (χ3n) is 2.90. The molecule has 0 aromatic heterocycles. The Balaban J connectivity index is 1.99. The first-order valence-electron chi connectivity index (χ1n) is 5.61. The van der Waals surface area contributed by atoms with Crippen LogP contribution in [0.5, 0.6) is 0 Å². The van der Waals surface area contributed by atoms with Gasteiger partial charge in [-0.25, -0.2) is 4.39 Å². The van der Waals surface area contributed by atoms with Gasteiger partial charge in [0.15, 0.2) is 0 Å². The van der Waals surface area contributed by atoms with E-state index >= 15 is 0 Å². The molecule has 2 N–H and O–H groups in total. The highest BCUT2D eigenvalue weighted by Gasteiger charge is 2.18. The summed E-state index contributed by atoms with van der Waals surface area (Å²) in [5.74, 6) is -0.409. The molecule has 2 rings (SSSR count). The summed E-state index contributed by atoms with van der Waals surface area (Å²) in [6, 6.07) is 4.52. The second kappa shape index (κ2) is 5.60. The summed E-state index contributed by atoms with van der Waals surface area (Å²) < 4.78 is 14.0. The van der Waals surface area contributed by atoms with Gasteiger partial charge < -0.3 is 10.6 Å². The Kier molecular flexibility index (Phi) is 4.12. The molecule has 5 heteroatoms. The minimum absolute atomic E-state index is 0.0819. The molecule has 3 nitrogen and oxygen atoms in total. The highest BCUT2D eigenvalue weighted by molar-refractivity contribution is 9.10. The van der Waals surface area contributed by atoms with Crippen LogP contribution in [0.2, 0.25) is 0 Å². The van der Waals surface area contributed by atoms with Crippen LogP contribution in [0.3, 0.4) is 0 Å². The molecule has 1 aliphatic heterocycles. The van der Waals surface area contributed by atoms with Crippen LogP contribution in [-0.4, -0.2) is 25.5 Å². The Morgan fingerprint density at radius 2 is 2.41 bits per heavy atom. The Morgan fingerprint density at radius 1 is 1.59 bits per heavy atom. The number of carbonyl (C=O) groups excluding carboxylic acids is 1. The van der Waals surface area contributed by atoms with Crippen LogP contribution >= 0.6 is 15.9 Å². The maximum atomic E-state index is 13.5. The predicted molar refractivity (Wildman–Crippen MR) is 67.4 cm³/mol. The fraction of sp³-hybridized carbons (Fsp3) is 0.417. The van der Waals surface area contributed by atoms with Crippen molar-refractivity contribution in [1.82, 2.24) is 10.6 Å². The van der Waals surface area contributed by atoms with Crippen molar-refractivity contribution in [2.45, 2.75) is 6.42 Å². The highest BCUT2D eigenvalue weighted by atomic mass is 79.9. The average molecular weight is 301 g/mol. The van der Waals surface area contributed by atoms with E-state index < -0.39 is 5.82 Å².